The average Bonchev–Trinajstić information content (AvgIpc) is 2.45. The minimum absolute atomic E-state index is 0.0581. The molecular formula is C14H20ClNO4S. The SMILES string of the molecule is CCC(CCS(=O)(=O)Cl)CNC(=O)OCc1ccccc1. The zero-order valence-corrected chi connectivity index (χ0v) is 13.5. The molecule has 1 aromatic rings. The van der Waals surface area contributed by atoms with Crippen LogP contribution in [0.4, 0.5) is 4.79 Å². The third-order valence-corrected chi connectivity index (χ3v) is 4.28. The maximum absolute atomic E-state index is 11.6. The molecule has 0 aliphatic heterocycles. The van der Waals surface area contributed by atoms with E-state index in [2.05, 4.69) is 5.32 Å². The Morgan fingerprint density at radius 1 is 1.33 bits per heavy atom. The van der Waals surface area contributed by atoms with E-state index in [1.54, 1.807) is 0 Å². The summed E-state index contributed by atoms with van der Waals surface area (Å²) in [7, 11) is 1.69. The van der Waals surface area contributed by atoms with Crippen molar-refractivity contribution in [1.82, 2.24) is 5.32 Å². The lowest BCUT2D eigenvalue weighted by molar-refractivity contribution is 0.138. The van der Waals surface area contributed by atoms with Crippen LogP contribution in [0.25, 0.3) is 0 Å². The second kappa shape index (κ2) is 8.89. The minimum Gasteiger partial charge on any atom is -0.445 e. The van der Waals surface area contributed by atoms with Crippen molar-refractivity contribution in [3.05, 3.63) is 35.9 Å². The van der Waals surface area contributed by atoms with Gasteiger partial charge in [-0.1, -0.05) is 43.7 Å². The van der Waals surface area contributed by atoms with Crippen LogP contribution in [0.15, 0.2) is 30.3 Å². The van der Waals surface area contributed by atoms with Crippen molar-refractivity contribution in [1.29, 1.82) is 0 Å². The number of rotatable bonds is 8. The topological polar surface area (TPSA) is 72.5 Å². The van der Waals surface area contributed by atoms with Crippen molar-refractivity contribution in [3.63, 3.8) is 0 Å². The molecule has 0 radical (unpaired) electrons. The zero-order chi connectivity index (χ0) is 15.7. The van der Waals surface area contributed by atoms with Crippen LogP contribution in [0.3, 0.4) is 0 Å². The number of amides is 1. The Hall–Kier alpha value is -1.27. The van der Waals surface area contributed by atoms with Gasteiger partial charge in [0.25, 0.3) is 0 Å². The van der Waals surface area contributed by atoms with Gasteiger partial charge in [-0.2, -0.15) is 0 Å². The van der Waals surface area contributed by atoms with Gasteiger partial charge in [0, 0.05) is 17.2 Å². The van der Waals surface area contributed by atoms with Gasteiger partial charge in [0.05, 0.1) is 5.75 Å². The number of halogens is 1. The van der Waals surface area contributed by atoms with Gasteiger partial charge in [0.2, 0.25) is 9.05 Å². The van der Waals surface area contributed by atoms with Gasteiger partial charge >= 0.3 is 6.09 Å². The Labute approximate surface area is 130 Å². The summed E-state index contributed by atoms with van der Waals surface area (Å²) in [6.07, 6.45) is 0.665. The first-order valence-electron chi connectivity index (χ1n) is 6.77. The van der Waals surface area contributed by atoms with Crippen molar-refractivity contribution in [2.75, 3.05) is 12.3 Å². The summed E-state index contributed by atoms with van der Waals surface area (Å²) in [4.78, 5) is 11.6. The quantitative estimate of drug-likeness (QED) is 0.742. The van der Waals surface area contributed by atoms with Gasteiger partial charge in [0.1, 0.15) is 6.61 Å². The summed E-state index contributed by atoms with van der Waals surface area (Å²) in [6.45, 7) is 2.51. The first-order valence-corrected chi connectivity index (χ1v) is 9.25. The molecule has 1 atom stereocenters. The Morgan fingerprint density at radius 2 is 2.00 bits per heavy atom. The fourth-order valence-corrected chi connectivity index (χ4v) is 2.64. The predicted octanol–water partition coefficient (Wildman–Crippen LogP) is 2.90. The molecule has 1 rings (SSSR count). The molecule has 1 N–H and O–H groups in total. The molecule has 0 fully saturated rings. The van der Waals surface area contributed by atoms with E-state index in [0.29, 0.717) is 13.0 Å². The summed E-state index contributed by atoms with van der Waals surface area (Å²) in [5.74, 6) is -0.0313. The van der Waals surface area contributed by atoms with E-state index in [0.717, 1.165) is 12.0 Å². The number of carbonyl (C=O) groups excluding carboxylic acids is 1. The third kappa shape index (κ3) is 8.57. The summed E-state index contributed by atoms with van der Waals surface area (Å²) < 4.78 is 26.9. The highest BCUT2D eigenvalue weighted by Gasteiger charge is 2.13. The van der Waals surface area contributed by atoms with E-state index in [1.807, 2.05) is 37.3 Å². The molecule has 0 spiro atoms. The number of alkyl carbamates (subject to hydrolysis) is 1. The fraction of sp³-hybridized carbons (Fsp3) is 0.500. The molecule has 0 saturated carbocycles. The number of hydrogen-bond acceptors (Lipinski definition) is 4. The molecule has 0 saturated heterocycles. The summed E-state index contributed by atoms with van der Waals surface area (Å²) >= 11 is 0. The lowest BCUT2D eigenvalue weighted by atomic mass is 10.0. The second-order valence-electron chi connectivity index (χ2n) is 4.75. The zero-order valence-electron chi connectivity index (χ0n) is 11.9. The van der Waals surface area contributed by atoms with Gasteiger partial charge in [-0.05, 0) is 17.9 Å². The summed E-state index contributed by atoms with van der Waals surface area (Å²) in [5.41, 5.74) is 0.910. The first kappa shape index (κ1) is 17.8. The smallest absolute Gasteiger partial charge is 0.407 e. The molecule has 1 aromatic carbocycles. The van der Waals surface area contributed by atoms with Gasteiger partial charge in [0.15, 0.2) is 0 Å². The Morgan fingerprint density at radius 3 is 2.57 bits per heavy atom. The van der Waals surface area contributed by atoms with Crippen molar-refractivity contribution >= 4 is 25.8 Å². The molecule has 0 heterocycles. The number of benzene rings is 1. The molecule has 1 amide bonds. The molecule has 1 unspecified atom stereocenters. The summed E-state index contributed by atoms with van der Waals surface area (Å²) in [6, 6.07) is 9.37. The number of ether oxygens (including phenoxy) is 1. The number of hydrogen-bond donors (Lipinski definition) is 1. The van der Waals surface area contributed by atoms with Gasteiger partial charge in [-0.15, -0.1) is 0 Å². The molecule has 5 nitrogen and oxygen atoms in total. The predicted molar refractivity (Wildman–Crippen MR) is 82.7 cm³/mol. The molecule has 118 valence electrons. The summed E-state index contributed by atoms with van der Waals surface area (Å²) in [5, 5.41) is 2.64. The monoisotopic (exact) mass is 333 g/mol. The second-order valence-corrected chi connectivity index (χ2v) is 7.65. The molecular weight excluding hydrogens is 314 g/mol. The van der Waals surface area contributed by atoms with E-state index in [4.69, 9.17) is 15.4 Å². The molecule has 21 heavy (non-hydrogen) atoms. The number of nitrogens with one attached hydrogen (secondary N) is 1. The van der Waals surface area contributed by atoms with Crippen molar-refractivity contribution in [3.8, 4) is 0 Å². The van der Waals surface area contributed by atoms with Gasteiger partial charge in [-0.25, -0.2) is 13.2 Å². The van der Waals surface area contributed by atoms with E-state index in [1.165, 1.54) is 0 Å². The van der Waals surface area contributed by atoms with Crippen LogP contribution < -0.4 is 5.32 Å². The highest BCUT2D eigenvalue weighted by molar-refractivity contribution is 8.13. The van der Waals surface area contributed by atoms with E-state index < -0.39 is 15.1 Å². The highest BCUT2D eigenvalue weighted by Crippen LogP contribution is 2.11. The molecule has 0 aromatic heterocycles. The highest BCUT2D eigenvalue weighted by atomic mass is 35.7. The van der Waals surface area contributed by atoms with Crippen LogP contribution in [-0.4, -0.2) is 26.8 Å². The largest absolute Gasteiger partial charge is 0.445 e. The maximum atomic E-state index is 11.6. The molecule has 7 heteroatoms. The Balaban J connectivity index is 2.27. The first-order chi connectivity index (χ1) is 9.90. The van der Waals surface area contributed by atoms with Gasteiger partial charge in [-0.3, -0.25) is 0 Å². The van der Waals surface area contributed by atoms with E-state index in [9.17, 15) is 13.2 Å². The lowest BCUT2D eigenvalue weighted by Gasteiger charge is -2.14. The van der Waals surface area contributed by atoms with Crippen molar-refractivity contribution in [2.24, 2.45) is 5.92 Å². The Bertz CT molecular complexity index is 533. The third-order valence-electron chi connectivity index (χ3n) is 3.10. The molecule has 0 aliphatic rings. The molecule has 0 aliphatic carbocycles. The standard InChI is InChI=1S/C14H20ClNO4S/c1-2-12(8-9-21(15,18)19)10-16-14(17)20-11-13-6-4-3-5-7-13/h3-7,12H,2,8-11H2,1H3,(H,16,17). The van der Waals surface area contributed by atoms with Crippen molar-refractivity contribution in [2.45, 2.75) is 26.4 Å². The van der Waals surface area contributed by atoms with Crippen LogP contribution in [0.2, 0.25) is 0 Å². The Kier molecular flexibility index (Phi) is 7.53. The maximum Gasteiger partial charge on any atom is 0.407 e. The van der Waals surface area contributed by atoms with Crippen LogP contribution in [0.5, 0.6) is 0 Å². The van der Waals surface area contributed by atoms with E-state index in [-0.39, 0.29) is 18.3 Å². The molecule has 0 bridgehead atoms. The average molecular weight is 334 g/mol. The van der Waals surface area contributed by atoms with E-state index >= 15 is 0 Å². The lowest BCUT2D eigenvalue weighted by Crippen LogP contribution is -2.30. The fourth-order valence-electron chi connectivity index (χ4n) is 1.76. The van der Waals surface area contributed by atoms with Gasteiger partial charge < -0.3 is 10.1 Å². The van der Waals surface area contributed by atoms with Crippen molar-refractivity contribution < 1.29 is 17.9 Å². The minimum atomic E-state index is -3.49. The van der Waals surface area contributed by atoms with Crippen LogP contribution in [-0.2, 0) is 20.4 Å². The van der Waals surface area contributed by atoms with Crippen LogP contribution in [0, 0.1) is 5.92 Å². The van der Waals surface area contributed by atoms with Crippen LogP contribution >= 0.6 is 10.7 Å². The van der Waals surface area contributed by atoms with Crippen LogP contribution in [0.1, 0.15) is 25.3 Å². The normalized spacial score (nSPS) is 12.7. The number of carbonyl (C=O) groups is 1.